The van der Waals surface area contributed by atoms with Gasteiger partial charge in [-0.2, -0.15) is 0 Å². The molecule has 0 amide bonds. The monoisotopic (exact) mass is 205 g/mol. The van der Waals surface area contributed by atoms with Crippen LogP contribution < -0.4 is 0 Å². The Kier molecular flexibility index (Phi) is 2.47. The van der Waals surface area contributed by atoms with Crippen LogP contribution in [0.4, 0.5) is 0 Å². The molecule has 0 N–H and O–H groups in total. The number of rotatable bonds is 2. The molecule has 0 saturated carbocycles. The standard InChI is InChI=1S/C12H15NO2/c1-12(2)5-3-9(8-14)7-10(12)11-4-6-15-13-11/h3-6,8-10H,7H2,1-2H3. The minimum atomic E-state index is 0.0136. The summed E-state index contributed by atoms with van der Waals surface area (Å²) in [5.41, 5.74) is 0.979. The SMILES string of the molecule is CC1(C)C=CC(C=O)CC1c1ccon1. The largest absolute Gasteiger partial charge is 0.365 e. The van der Waals surface area contributed by atoms with Crippen LogP contribution in [0.15, 0.2) is 29.0 Å². The normalized spacial score (nSPS) is 28.9. The third-order valence-electron chi connectivity index (χ3n) is 3.17. The molecule has 3 heteroatoms. The molecule has 15 heavy (non-hydrogen) atoms. The van der Waals surface area contributed by atoms with Crippen molar-refractivity contribution in [1.29, 1.82) is 0 Å². The summed E-state index contributed by atoms with van der Waals surface area (Å²) in [4.78, 5) is 10.8. The Morgan fingerprint density at radius 1 is 1.60 bits per heavy atom. The number of hydrogen-bond acceptors (Lipinski definition) is 3. The van der Waals surface area contributed by atoms with E-state index < -0.39 is 0 Å². The third kappa shape index (κ3) is 1.87. The topological polar surface area (TPSA) is 43.1 Å². The fraction of sp³-hybridized carbons (Fsp3) is 0.500. The van der Waals surface area contributed by atoms with Gasteiger partial charge < -0.3 is 9.32 Å². The average Bonchev–Trinajstić information content (AvgIpc) is 2.70. The van der Waals surface area contributed by atoms with Crippen molar-refractivity contribution in [2.45, 2.75) is 26.2 Å². The molecule has 3 nitrogen and oxygen atoms in total. The van der Waals surface area contributed by atoms with Crippen molar-refractivity contribution in [2.75, 3.05) is 0 Å². The molecule has 1 aromatic rings. The highest BCUT2D eigenvalue weighted by atomic mass is 16.5. The zero-order valence-electron chi connectivity index (χ0n) is 9.01. The summed E-state index contributed by atoms with van der Waals surface area (Å²) in [6.45, 7) is 4.31. The van der Waals surface area contributed by atoms with Gasteiger partial charge in [-0.05, 0) is 11.8 Å². The first-order chi connectivity index (χ1) is 7.13. The molecule has 1 aromatic heterocycles. The second-order valence-corrected chi connectivity index (χ2v) is 4.69. The van der Waals surface area contributed by atoms with E-state index in [1.54, 1.807) is 6.26 Å². The van der Waals surface area contributed by atoms with Gasteiger partial charge in [0.1, 0.15) is 12.5 Å². The quantitative estimate of drug-likeness (QED) is 0.550. The van der Waals surface area contributed by atoms with Crippen LogP contribution in [0.3, 0.4) is 0 Å². The lowest BCUT2D eigenvalue weighted by atomic mass is 9.69. The average molecular weight is 205 g/mol. The Balaban J connectivity index is 2.31. The molecular formula is C12H15NO2. The van der Waals surface area contributed by atoms with Crippen molar-refractivity contribution in [3.63, 3.8) is 0 Å². The van der Waals surface area contributed by atoms with E-state index in [9.17, 15) is 4.79 Å². The molecule has 2 atom stereocenters. The van der Waals surface area contributed by atoms with Gasteiger partial charge in [-0.1, -0.05) is 31.2 Å². The van der Waals surface area contributed by atoms with Gasteiger partial charge in [0.25, 0.3) is 0 Å². The molecule has 0 fully saturated rings. The molecule has 0 saturated heterocycles. The van der Waals surface area contributed by atoms with Gasteiger partial charge in [-0.25, -0.2) is 0 Å². The molecular weight excluding hydrogens is 190 g/mol. The molecule has 0 aromatic carbocycles. The summed E-state index contributed by atoms with van der Waals surface area (Å²) in [5, 5.41) is 3.98. The smallest absolute Gasteiger partial charge is 0.126 e. The molecule has 2 rings (SSSR count). The number of carbonyl (C=O) groups is 1. The number of allylic oxidation sites excluding steroid dienone is 2. The molecule has 2 unspecified atom stereocenters. The van der Waals surface area contributed by atoms with Gasteiger partial charge in [-0.3, -0.25) is 0 Å². The second-order valence-electron chi connectivity index (χ2n) is 4.69. The van der Waals surface area contributed by atoms with E-state index in [4.69, 9.17) is 4.52 Å². The predicted octanol–water partition coefficient (Wildman–Crippen LogP) is 2.56. The van der Waals surface area contributed by atoms with Crippen LogP contribution in [0.2, 0.25) is 0 Å². The van der Waals surface area contributed by atoms with Gasteiger partial charge in [0, 0.05) is 17.9 Å². The van der Waals surface area contributed by atoms with E-state index >= 15 is 0 Å². The lowest BCUT2D eigenvalue weighted by Crippen LogP contribution is -2.26. The minimum Gasteiger partial charge on any atom is -0.365 e. The lowest BCUT2D eigenvalue weighted by molar-refractivity contribution is -0.110. The van der Waals surface area contributed by atoms with Crippen LogP contribution in [-0.4, -0.2) is 11.4 Å². The first-order valence-corrected chi connectivity index (χ1v) is 5.18. The van der Waals surface area contributed by atoms with Crippen LogP contribution in [-0.2, 0) is 4.79 Å². The number of nitrogens with zero attached hydrogens (tertiary/aromatic N) is 1. The minimum absolute atomic E-state index is 0.0136. The summed E-state index contributed by atoms with van der Waals surface area (Å²) in [6, 6.07) is 1.88. The summed E-state index contributed by atoms with van der Waals surface area (Å²) < 4.78 is 4.87. The van der Waals surface area contributed by atoms with Gasteiger partial charge in [0.2, 0.25) is 0 Å². The van der Waals surface area contributed by atoms with Crippen LogP contribution in [0.5, 0.6) is 0 Å². The fourth-order valence-electron chi connectivity index (χ4n) is 2.15. The summed E-state index contributed by atoms with van der Waals surface area (Å²) in [6.07, 6.45) is 7.50. The van der Waals surface area contributed by atoms with E-state index in [-0.39, 0.29) is 17.3 Å². The van der Waals surface area contributed by atoms with Crippen molar-refractivity contribution >= 4 is 6.29 Å². The Bertz CT molecular complexity index is 365. The van der Waals surface area contributed by atoms with Gasteiger partial charge in [0.15, 0.2) is 0 Å². The summed E-state index contributed by atoms with van der Waals surface area (Å²) in [5.74, 6) is 0.274. The highest BCUT2D eigenvalue weighted by Crippen LogP contribution is 2.43. The van der Waals surface area contributed by atoms with Crippen LogP contribution >= 0.6 is 0 Å². The molecule has 1 heterocycles. The zero-order chi connectivity index (χ0) is 10.9. The number of hydrogen-bond donors (Lipinski definition) is 0. The molecule has 0 radical (unpaired) electrons. The van der Waals surface area contributed by atoms with Crippen molar-refractivity contribution in [2.24, 2.45) is 11.3 Å². The Hall–Kier alpha value is -1.38. The van der Waals surface area contributed by atoms with E-state index in [1.807, 2.05) is 12.1 Å². The highest BCUT2D eigenvalue weighted by molar-refractivity contribution is 5.57. The van der Waals surface area contributed by atoms with Crippen LogP contribution in [0.1, 0.15) is 31.9 Å². The molecule has 0 bridgehead atoms. The van der Waals surface area contributed by atoms with E-state index in [0.717, 1.165) is 18.4 Å². The third-order valence-corrected chi connectivity index (χ3v) is 3.17. The molecule has 0 aliphatic heterocycles. The maximum Gasteiger partial charge on any atom is 0.126 e. The second kappa shape index (κ2) is 3.65. The Morgan fingerprint density at radius 3 is 3.00 bits per heavy atom. The summed E-state index contributed by atoms with van der Waals surface area (Å²) in [7, 11) is 0. The van der Waals surface area contributed by atoms with E-state index in [2.05, 4.69) is 25.1 Å². The first kappa shape index (κ1) is 10.1. The number of aldehydes is 1. The van der Waals surface area contributed by atoms with Gasteiger partial charge in [0.05, 0.1) is 5.69 Å². The molecule has 80 valence electrons. The first-order valence-electron chi connectivity index (χ1n) is 5.18. The van der Waals surface area contributed by atoms with Crippen LogP contribution in [0, 0.1) is 11.3 Å². The Labute approximate surface area is 89.1 Å². The predicted molar refractivity (Wildman–Crippen MR) is 56.3 cm³/mol. The maximum absolute atomic E-state index is 10.8. The molecule has 0 spiro atoms. The van der Waals surface area contributed by atoms with Crippen LogP contribution in [0.25, 0.3) is 0 Å². The fourth-order valence-corrected chi connectivity index (χ4v) is 2.15. The number of aromatic nitrogens is 1. The lowest BCUT2D eigenvalue weighted by Gasteiger charge is -2.35. The van der Waals surface area contributed by atoms with Crippen molar-refractivity contribution < 1.29 is 9.32 Å². The van der Waals surface area contributed by atoms with E-state index in [1.165, 1.54) is 0 Å². The summed E-state index contributed by atoms with van der Waals surface area (Å²) >= 11 is 0. The molecule has 1 aliphatic rings. The van der Waals surface area contributed by atoms with Crippen molar-refractivity contribution in [3.8, 4) is 0 Å². The maximum atomic E-state index is 10.8. The van der Waals surface area contributed by atoms with Gasteiger partial charge in [-0.15, -0.1) is 0 Å². The van der Waals surface area contributed by atoms with E-state index in [0.29, 0.717) is 0 Å². The van der Waals surface area contributed by atoms with Gasteiger partial charge >= 0.3 is 0 Å². The Morgan fingerprint density at radius 2 is 2.40 bits per heavy atom. The molecule has 1 aliphatic carbocycles. The van der Waals surface area contributed by atoms with Crippen molar-refractivity contribution in [3.05, 3.63) is 30.2 Å². The highest BCUT2D eigenvalue weighted by Gasteiger charge is 2.35. The zero-order valence-corrected chi connectivity index (χ0v) is 9.01. The number of carbonyl (C=O) groups excluding carboxylic acids is 1. The van der Waals surface area contributed by atoms with Crippen molar-refractivity contribution in [1.82, 2.24) is 5.16 Å².